The average molecular weight is 433 g/mol. The molecule has 1 amide bonds. The Morgan fingerprint density at radius 2 is 1.81 bits per heavy atom. The zero-order valence-corrected chi connectivity index (χ0v) is 19.1. The van der Waals surface area contributed by atoms with Crippen molar-refractivity contribution in [1.82, 2.24) is 10.2 Å². The van der Waals surface area contributed by atoms with Crippen molar-refractivity contribution in [3.8, 4) is 5.75 Å². The first-order chi connectivity index (χ1) is 15.8. The first kappa shape index (κ1) is 22.6. The number of hydrogen-bond donors (Lipinski definition) is 1. The van der Waals surface area contributed by atoms with E-state index in [9.17, 15) is 4.79 Å². The lowest BCUT2D eigenvalue weighted by Gasteiger charge is -2.31. The van der Waals surface area contributed by atoms with Gasteiger partial charge in [-0.1, -0.05) is 54.1 Å². The first-order valence-corrected chi connectivity index (χ1v) is 12.2. The van der Waals surface area contributed by atoms with Crippen molar-refractivity contribution >= 4 is 5.91 Å². The third-order valence-electron chi connectivity index (χ3n) is 6.64. The molecule has 0 unspecified atom stereocenters. The molecule has 4 heteroatoms. The fraction of sp³-hybridized carbons (Fsp3) is 0.464. The third kappa shape index (κ3) is 6.96. The van der Waals surface area contributed by atoms with Crippen molar-refractivity contribution in [2.75, 3.05) is 19.6 Å². The van der Waals surface area contributed by atoms with Crippen LogP contribution in [0.2, 0.25) is 0 Å². The molecule has 0 aromatic heterocycles. The van der Waals surface area contributed by atoms with Crippen LogP contribution in [0.5, 0.6) is 5.75 Å². The zero-order valence-electron chi connectivity index (χ0n) is 19.1. The zero-order chi connectivity index (χ0) is 22.0. The molecule has 4 nitrogen and oxygen atoms in total. The van der Waals surface area contributed by atoms with E-state index in [2.05, 4.69) is 46.6 Å². The molecule has 4 rings (SSSR count). The molecule has 2 aliphatic rings. The number of likely N-dealkylation sites (tertiary alicyclic amines) is 1. The van der Waals surface area contributed by atoms with Crippen LogP contribution < -0.4 is 10.1 Å². The molecule has 170 valence electrons. The first-order valence-electron chi connectivity index (χ1n) is 12.2. The highest BCUT2D eigenvalue weighted by molar-refractivity contribution is 5.78. The number of piperidine rings is 1. The van der Waals surface area contributed by atoms with Crippen LogP contribution in [0.4, 0.5) is 0 Å². The van der Waals surface area contributed by atoms with Gasteiger partial charge in [-0.25, -0.2) is 0 Å². The number of hydrogen-bond acceptors (Lipinski definition) is 3. The van der Waals surface area contributed by atoms with E-state index in [0.29, 0.717) is 6.61 Å². The number of rotatable bonds is 9. The Kier molecular flexibility index (Phi) is 8.38. The number of ether oxygens (including phenoxy) is 1. The summed E-state index contributed by atoms with van der Waals surface area (Å²) in [4.78, 5) is 15.0. The van der Waals surface area contributed by atoms with Crippen LogP contribution in [0.3, 0.4) is 0 Å². The van der Waals surface area contributed by atoms with Gasteiger partial charge in [-0.3, -0.25) is 9.69 Å². The second-order valence-electron chi connectivity index (χ2n) is 9.12. The Hall–Kier alpha value is -2.59. The van der Waals surface area contributed by atoms with Crippen molar-refractivity contribution in [3.63, 3.8) is 0 Å². The highest BCUT2D eigenvalue weighted by Gasteiger charge is 2.24. The van der Waals surface area contributed by atoms with Gasteiger partial charge < -0.3 is 10.1 Å². The van der Waals surface area contributed by atoms with E-state index < -0.39 is 0 Å². The van der Waals surface area contributed by atoms with Gasteiger partial charge >= 0.3 is 0 Å². The topological polar surface area (TPSA) is 41.6 Å². The quantitative estimate of drug-likeness (QED) is 0.533. The number of amides is 1. The number of benzene rings is 2. The number of carbonyl (C=O) groups is 1. The lowest BCUT2D eigenvalue weighted by molar-refractivity contribution is -0.126. The number of nitrogens with zero attached hydrogens (tertiary/aromatic N) is 1. The Labute approximate surface area is 192 Å². The fourth-order valence-corrected chi connectivity index (χ4v) is 4.71. The van der Waals surface area contributed by atoms with Gasteiger partial charge in [-0.2, -0.15) is 0 Å². The summed E-state index contributed by atoms with van der Waals surface area (Å²) < 4.78 is 5.98. The van der Waals surface area contributed by atoms with E-state index in [1.807, 2.05) is 24.3 Å². The maximum atomic E-state index is 12.6. The molecule has 1 aliphatic heterocycles. The van der Waals surface area contributed by atoms with E-state index in [0.717, 1.165) is 51.2 Å². The highest BCUT2D eigenvalue weighted by atomic mass is 16.5. The van der Waals surface area contributed by atoms with Crippen LogP contribution >= 0.6 is 0 Å². The summed E-state index contributed by atoms with van der Waals surface area (Å²) in [5.74, 6) is 1.32. The Morgan fingerprint density at radius 1 is 1.00 bits per heavy atom. The van der Waals surface area contributed by atoms with E-state index in [1.54, 1.807) is 0 Å². The maximum absolute atomic E-state index is 12.6. The molecule has 0 atom stereocenters. The Morgan fingerprint density at radius 3 is 2.59 bits per heavy atom. The van der Waals surface area contributed by atoms with E-state index >= 15 is 0 Å². The van der Waals surface area contributed by atoms with Crippen molar-refractivity contribution in [2.24, 2.45) is 5.92 Å². The van der Waals surface area contributed by atoms with Crippen LogP contribution in [0.25, 0.3) is 0 Å². The van der Waals surface area contributed by atoms with Gasteiger partial charge in [0.1, 0.15) is 12.4 Å². The minimum absolute atomic E-state index is 0.159. The second kappa shape index (κ2) is 11.9. The number of carbonyl (C=O) groups excluding carboxylic acids is 1. The molecule has 0 radical (unpaired) electrons. The van der Waals surface area contributed by atoms with Crippen molar-refractivity contribution in [1.29, 1.82) is 0 Å². The standard InChI is InChI=1S/C28H36N2O2/c31-28(29-17-14-23-8-3-1-4-9-23)26-15-18-30(19-16-26)21-25-12-7-13-27(20-25)32-22-24-10-5-2-6-11-24/h2,5-8,10-13,20,26H,1,3-4,9,14-19,21-22H2,(H,29,31). The minimum Gasteiger partial charge on any atom is -0.489 e. The van der Waals surface area contributed by atoms with Crippen LogP contribution in [-0.4, -0.2) is 30.4 Å². The van der Waals surface area contributed by atoms with Gasteiger partial charge in [0.05, 0.1) is 0 Å². The molecule has 1 fully saturated rings. The molecule has 1 aliphatic carbocycles. The van der Waals surface area contributed by atoms with Crippen molar-refractivity contribution < 1.29 is 9.53 Å². The summed E-state index contributed by atoms with van der Waals surface area (Å²) in [7, 11) is 0. The second-order valence-corrected chi connectivity index (χ2v) is 9.12. The van der Waals surface area contributed by atoms with Gasteiger partial charge in [0.2, 0.25) is 5.91 Å². The van der Waals surface area contributed by atoms with Crippen molar-refractivity contribution in [2.45, 2.75) is 58.1 Å². The maximum Gasteiger partial charge on any atom is 0.223 e. The molecule has 1 saturated heterocycles. The smallest absolute Gasteiger partial charge is 0.223 e. The number of allylic oxidation sites excluding steroid dienone is 1. The molecule has 0 saturated carbocycles. The molecule has 0 spiro atoms. The highest BCUT2D eigenvalue weighted by Crippen LogP contribution is 2.22. The Balaban J connectivity index is 1.17. The summed E-state index contributed by atoms with van der Waals surface area (Å²) >= 11 is 0. The Bertz CT molecular complexity index is 885. The SMILES string of the molecule is O=C(NCCC1=CCCCC1)C1CCN(Cc2cccc(OCc3ccccc3)c2)CC1. The molecule has 0 bridgehead atoms. The largest absolute Gasteiger partial charge is 0.489 e. The summed E-state index contributed by atoms with van der Waals surface area (Å²) in [6.45, 7) is 4.23. The van der Waals surface area contributed by atoms with Crippen LogP contribution in [0.1, 0.15) is 56.1 Å². The molecule has 2 aromatic carbocycles. The molecular formula is C28H36N2O2. The summed E-state index contributed by atoms with van der Waals surface area (Å²) in [6.07, 6.45) is 10.3. The number of nitrogens with one attached hydrogen (secondary N) is 1. The van der Waals surface area contributed by atoms with Crippen LogP contribution in [-0.2, 0) is 17.9 Å². The van der Waals surface area contributed by atoms with Crippen molar-refractivity contribution in [3.05, 3.63) is 77.4 Å². The molecular weight excluding hydrogens is 396 g/mol. The lowest BCUT2D eigenvalue weighted by atomic mass is 9.95. The predicted molar refractivity (Wildman–Crippen MR) is 129 cm³/mol. The summed E-state index contributed by atoms with van der Waals surface area (Å²) in [6, 6.07) is 18.6. The monoisotopic (exact) mass is 432 g/mol. The fourth-order valence-electron chi connectivity index (χ4n) is 4.71. The van der Waals surface area contributed by atoms with Gasteiger partial charge in [0, 0.05) is 19.0 Å². The molecule has 1 heterocycles. The molecule has 32 heavy (non-hydrogen) atoms. The van der Waals surface area contributed by atoms with E-state index in [-0.39, 0.29) is 11.8 Å². The average Bonchev–Trinajstić information content (AvgIpc) is 2.85. The summed E-state index contributed by atoms with van der Waals surface area (Å²) in [5.41, 5.74) is 3.97. The van der Waals surface area contributed by atoms with Gasteiger partial charge in [0.15, 0.2) is 0 Å². The van der Waals surface area contributed by atoms with E-state index in [1.165, 1.54) is 42.4 Å². The van der Waals surface area contributed by atoms with Gasteiger partial charge in [0.25, 0.3) is 0 Å². The van der Waals surface area contributed by atoms with Crippen LogP contribution in [0, 0.1) is 5.92 Å². The van der Waals surface area contributed by atoms with Gasteiger partial charge in [-0.15, -0.1) is 0 Å². The minimum atomic E-state index is 0.159. The van der Waals surface area contributed by atoms with Crippen LogP contribution in [0.15, 0.2) is 66.2 Å². The summed E-state index contributed by atoms with van der Waals surface area (Å²) in [5, 5.41) is 3.18. The molecule has 2 aromatic rings. The normalized spacial score (nSPS) is 17.6. The van der Waals surface area contributed by atoms with Gasteiger partial charge in [-0.05, 0) is 81.3 Å². The molecule has 1 N–H and O–H groups in total. The lowest BCUT2D eigenvalue weighted by Crippen LogP contribution is -2.40. The van der Waals surface area contributed by atoms with E-state index in [4.69, 9.17) is 4.74 Å². The predicted octanol–water partition coefficient (Wildman–Crippen LogP) is 5.48. The third-order valence-corrected chi connectivity index (χ3v) is 6.64.